The lowest BCUT2D eigenvalue weighted by Crippen LogP contribution is -2.19. The first-order valence-corrected chi connectivity index (χ1v) is 4.80. The van der Waals surface area contributed by atoms with Crippen LogP contribution in [0.15, 0.2) is 12.1 Å². The van der Waals surface area contributed by atoms with Crippen molar-refractivity contribution in [3.8, 4) is 12.3 Å². The van der Waals surface area contributed by atoms with Crippen LogP contribution in [-0.2, 0) is 6.18 Å². The summed E-state index contributed by atoms with van der Waals surface area (Å²) in [6.07, 6.45) is 0.414. The number of rotatable bonds is 3. The minimum absolute atomic E-state index is 0.370. The second-order valence-corrected chi connectivity index (χ2v) is 3.43. The average molecular weight is 258 g/mol. The minimum atomic E-state index is -4.65. The molecule has 0 aromatic carbocycles. The molecule has 0 saturated heterocycles. The standard InChI is InChI=1S/C11H9F3N2O2/c1-3-6(2)15-9-7(10(17)18)4-5-8(16-9)11(12,13)14/h1,4-6H,2H3,(H,15,16)(H,17,18). The molecular weight excluding hydrogens is 249 g/mol. The first-order valence-electron chi connectivity index (χ1n) is 4.80. The predicted octanol–water partition coefficient (Wildman–Crippen LogP) is 2.23. The number of carbonyl (C=O) groups is 1. The monoisotopic (exact) mass is 258 g/mol. The zero-order valence-electron chi connectivity index (χ0n) is 9.25. The Kier molecular flexibility index (Phi) is 3.81. The number of pyridine rings is 1. The lowest BCUT2D eigenvalue weighted by atomic mass is 10.2. The number of aromatic carboxylic acids is 1. The highest BCUT2D eigenvalue weighted by Crippen LogP contribution is 2.29. The topological polar surface area (TPSA) is 62.2 Å². The highest BCUT2D eigenvalue weighted by Gasteiger charge is 2.33. The second kappa shape index (κ2) is 4.96. The average Bonchev–Trinajstić information content (AvgIpc) is 2.27. The third kappa shape index (κ3) is 3.13. The molecule has 1 heterocycles. The van der Waals surface area contributed by atoms with Gasteiger partial charge in [0.05, 0.1) is 6.04 Å². The molecule has 1 aromatic heterocycles. The van der Waals surface area contributed by atoms with Crippen LogP contribution in [0, 0.1) is 12.3 Å². The van der Waals surface area contributed by atoms with Crippen LogP contribution in [0.25, 0.3) is 0 Å². The molecule has 0 spiro atoms. The van der Waals surface area contributed by atoms with Crippen LogP contribution in [-0.4, -0.2) is 22.1 Å². The molecule has 4 nitrogen and oxygen atoms in total. The number of alkyl halides is 3. The molecule has 1 aromatic rings. The van der Waals surface area contributed by atoms with Crippen molar-refractivity contribution in [2.45, 2.75) is 19.1 Å². The number of terminal acetylenes is 1. The highest BCUT2D eigenvalue weighted by atomic mass is 19.4. The third-order valence-corrected chi connectivity index (χ3v) is 2.02. The van der Waals surface area contributed by atoms with E-state index >= 15 is 0 Å². The zero-order valence-corrected chi connectivity index (χ0v) is 9.25. The molecule has 0 radical (unpaired) electrons. The van der Waals surface area contributed by atoms with Gasteiger partial charge >= 0.3 is 12.1 Å². The quantitative estimate of drug-likeness (QED) is 0.816. The summed E-state index contributed by atoms with van der Waals surface area (Å²) in [5, 5.41) is 11.3. The minimum Gasteiger partial charge on any atom is -0.478 e. The molecule has 7 heteroatoms. The van der Waals surface area contributed by atoms with Crippen LogP contribution < -0.4 is 5.32 Å². The Labute approximate surface area is 101 Å². The van der Waals surface area contributed by atoms with Gasteiger partial charge in [0.1, 0.15) is 17.1 Å². The molecule has 2 N–H and O–H groups in total. The summed E-state index contributed by atoms with van der Waals surface area (Å²) in [6, 6.07) is 0.804. The maximum atomic E-state index is 12.4. The number of aromatic nitrogens is 1. The largest absolute Gasteiger partial charge is 0.478 e. The van der Waals surface area contributed by atoms with Crippen LogP contribution in [0.1, 0.15) is 23.0 Å². The van der Waals surface area contributed by atoms with Crippen molar-refractivity contribution in [2.75, 3.05) is 5.32 Å². The summed E-state index contributed by atoms with van der Waals surface area (Å²) in [7, 11) is 0. The smallest absolute Gasteiger partial charge is 0.433 e. The Morgan fingerprint density at radius 2 is 2.17 bits per heavy atom. The third-order valence-electron chi connectivity index (χ3n) is 2.02. The summed E-state index contributed by atoms with van der Waals surface area (Å²) >= 11 is 0. The number of nitrogens with one attached hydrogen (secondary N) is 1. The van der Waals surface area contributed by atoms with Gasteiger partial charge in [-0.1, -0.05) is 5.92 Å². The molecule has 1 unspecified atom stereocenters. The van der Waals surface area contributed by atoms with E-state index in [1.54, 1.807) is 0 Å². The molecule has 0 aliphatic heterocycles. The fourth-order valence-electron chi connectivity index (χ4n) is 1.15. The summed E-state index contributed by atoms with van der Waals surface area (Å²) in [5.74, 6) is 0.426. The molecule has 0 saturated carbocycles. The first kappa shape index (κ1) is 13.8. The number of halogens is 3. The Balaban J connectivity index is 3.25. The van der Waals surface area contributed by atoms with E-state index < -0.39 is 29.7 Å². The molecular formula is C11H9F3N2O2. The normalized spacial score (nSPS) is 12.6. The van der Waals surface area contributed by atoms with Gasteiger partial charge in [0.15, 0.2) is 0 Å². The Hall–Kier alpha value is -2.23. The number of nitrogens with zero attached hydrogens (tertiary/aromatic N) is 1. The maximum Gasteiger partial charge on any atom is 0.433 e. The van der Waals surface area contributed by atoms with Gasteiger partial charge in [0.2, 0.25) is 0 Å². The predicted molar refractivity (Wildman–Crippen MR) is 58.1 cm³/mol. The fraction of sp³-hybridized carbons (Fsp3) is 0.273. The summed E-state index contributed by atoms with van der Waals surface area (Å²) in [6.45, 7) is 1.49. The summed E-state index contributed by atoms with van der Waals surface area (Å²) in [4.78, 5) is 14.1. The van der Waals surface area contributed by atoms with E-state index in [9.17, 15) is 18.0 Å². The zero-order chi connectivity index (χ0) is 13.9. The fourth-order valence-corrected chi connectivity index (χ4v) is 1.15. The van der Waals surface area contributed by atoms with Crippen molar-refractivity contribution in [2.24, 2.45) is 0 Å². The molecule has 1 atom stereocenters. The van der Waals surface area contributed by atoms with Crippen molar-refractivity contribution in [1.82, 2.24) is 4.98 Å². The van der Waals surface area contributed by atoms with Crippen molar-refractivity contribution in [1.29, 1.82) is 0 Å². The van der Waals surface area contributed by atoms with E-state index in [4.69, 9.17) is 11.5 Å². The second-order valence-electron chi connectivity index (χ2n) is 3.43. The molecule has 0 aliphatic rings. The number of carboxylic acids is 1. The molecule has 0 fully saturated rings. The van der Waals surface area contributed by atoms with Gasteiger partial charge in [-0.25, -0.2) is 9.78 Å². The van der Waals surface area contributed by atoms with E-state index in [1.165, 1.54) is 6.92 Å². The van der Waals surface area contributed by atoms with Crippen LogP contribution in [0.4, 0.5) is 19.0 Å². The van der Waals surface area contributed by atoms with Crippen molar-refractivity contribution in [3.63, 3.8) is 0 Å². The van der Waals surface area contributed by atoms with E-state index in [-0.39, 0.29) is 5.56 Å². The lowest BCUT2D eigenvalue weighted by molar-refractivity contribution is -0.141. The molecule has 0 amide bonds. The van der Waals surface area contributed by atoms with Gasteiger partial charge in [-0.15, -0.1) is 6.42 Å². The summed E-state index contributed by atoms with van der Waals surface area (Å²) in [5.41, 5.74) is -1.55. The Morgan fingerprint density at radius 3 is 2.61 bits per heavy atom. The number of anilines is 1. The lowest BCUT2D eigenvalue weighted by Gasteiger charge is -2.13. The molecule has 0 bridgehead atoms. The van der Waals surface area contributed by atoms with E-state index in [2.05, 4.69) is 16.2 Å². The molecule has 18 heavy (non-hydrogen) atoms. The number of hydrogen-bond donors (Lipinski definition) is 2. The van der Waals surface area contributed by atoms with Crippen LogP contribution >= 0.6 is 0 Å². The van der Waals surface area contributed by atoms with Gasteiger partial charge in [0.25, 0.3) is 0 Å². The molecule has 1 rings (SSSR count). The number of carboxylic acid groups (broad SMARTS) is 1. The SMILES string of the molecule is C#CC(C)Nc1nc(C(F)(F)F)ccc1C(=O)O. The van der Waals surface area contributed by atoms with E-state index in [1.807, 2.05) is 0 Å². The van der Waals surface area contributed by atoms with Gasteiger partial charge < -0.3 is 10.4 Å². The van der Waals surface area contributed by atoms with E-state index in [0.29, 0.717) is 6.07 Å². The van der Waals surface area contributed by atoms with Crippen LogP contribution in [0.2, 0.25) is 0 Å². The van der Waals surface area contributed by atoms with Crippen molar-refractivity contribution < 1.29 is 23.1 Å². The maximum absolute atomic E-state index is 12.4. The Bertz CT molecular complexity index is 506. The van der Waals surface area contributed by atoms with Gasteiger partial charge in [-0.3, -0.25) is 0 Å². The van der Waals surface area contributed by atoms with Crippen molar-refractivity contribution >= 4 is 11.8 Å². The van der Waals surface area contributed by atoms with E-state index in [0.717, 1.165) is 6.07 Å². The van der Waals surface area contributed by atoms with Gasteiger partial charge in [0, 0.05) is 0 Å². The van der Waals surface area contributed by atoms with Crippen molar-refractivity contribution in [3.05, 3.63) is 23.4 Å². The van der Waals surface area contributed by atoms with Gasteiger partial charge in [-0.2, -0.15) is 13.2 Å². The highest BCUT2D eigenvalue weighted by molar-refractivity contribution is 5.93. The van der Waals surface area contributed by atoms with Gasteiger partial charge in [-0.05, 0) is 19.1 Å². The van der Waals surface area contributed by atoms with Crippen LogP contribution in [0.5, 0.6) is 0 Å². The molecule has 0 aliphatic carbocycles. The number of hydrogen-bond acceptors (Lipinski definition) is 3. The Morgan fingerprint density at radius 1 is 1.56 bits per heavy atom. The van der Waals surface area contributed by atoms with Crippen LogP contribution in [0.3, 0.4) is 0 Å². The molecule has 96 valence electrons. The summed E-state index contributed by atoms with van der Waals surface area (Å²) < 4.78 is 37.3. The first-order chi connectivity index (χ1) is 8.25.